The second kappa shape index (κ2) is 8.66. The summed E-state index contributed by atoms with van der Waals surface area (Å²) in [5, 5.41) is 7.05. The minimum atomic E-state index is -3.66. The monoisotopic (exact) mass is 444 g/mol. The second-order valence-electron chi connectivity index (χ2n) is 6.76. The van der Waals surface area contributed by atoms with E-state index in [0.29, 0.717) is 10.8 Å². The highest BCUT2D eigenvalue weighted by molar-refractivity contribution is 7.89. The van der Waals surface area contributed by atoms with Gasteiger partial charge >= 0.3 is 5.97 Å². The van der Waals surface area contributed by atoms with Crippen molar-refractivity contribution in [1.82, 2.24) is 14.1 Å². The van der Waals surface area contributed by atoms with Crippen molar-refractivity contribution < 1.29 is 22.7 Å². The van der Waals surface area contributed by atoms with E-state index in [2.05, 4.69) is 10.4 Å². The number of fused-ring (bicyclic) bond motifs is 1. The van der Waals surface area contributed by atoms with Gasteiger partial charge < -0.3 is 10.1 Å². The molecule has 3 rings (SSSR count). The van der Waals surface area contributed by atoms with Crippen molar-refractivity contribution in [3.05, 3.63) is 64.6 Å². The van der Waals surface area contributed by atoms with E-state index in [-0.39, 0.29) is 21.8 Å². The van der Waals surface area contributed by atoms with Crippen molar-refractivity contribution in [2.24, 2.45) is 7.05 Å². The normalized spacial score (nSPS) is 11.5. The number of esters is 1. The molecule has 1 heterocycles. The molecule has 1 N–H and O–H groups in total. The summed E-state index contributed by atoms with van der Waals surface area (Å²) in [6.45, 7) is -0.623. The van der Waals surface area contributed by atoms with E-state index >= 15 is 0 Å². The number of sulfonamides is 1. The molecule has 0 saturated carbocycles. The fourth-order valence-electron chi connectivity index (χ4n) is 2.79. The lowest BCUT2D eigenvalue weighted by molar-refractivity contribution is -0.119. The molecule has 0 aliphatic heterocycles. The molecular weight excluding hydrogens is 424 g/mol. The maximum atomic E-state index is 12.5. The van der Waals surface area contributed by atoms with Crippen LogP contribution in [0.2, 0.25) is 0 Å². The minimum Gasteiger partial charge on any atom is -0.451 e. The van der Waals surface area contributed by atoms with Gasteiger partial charge in [-0.1, -0.05) is 24.3 Å². The van der Waals surface area contributed by atoms with Crippen LogP contribution in [0.5, 0.6) is 0 Å². The van der Waals surface area contributed by atoms with E-state index < -0.39 is 28.5 Å². The minimum absolute atomic E-state index is 0.00756. The Hall–Kier alpha value is -3.57. The number of aromatic nitrogens is 2. The molecule has 11 heteroatoms. The number of anilines is 1. The molecule has 0 atom stereocenters. The number of hydrogen-bond acceptors (Lipinski definition) is 7. The summed E-state index contributed by atoms with van der Waals surface area (Å²) in [6, 6.07) is 12.2. The van der Waals surface area contributed by atoms with Crippen LogP contribution >= 0.6 is 0 Å². The summed E-state index contributed by atoms with van der Waals surface area (Å²) in [5.41, 5.74) is -0.225. The number of amides is 1. The standard InChI is InChI=1S/C20H20N4O6S/c1-23(2)31(28,29)14-8-6-7-13(11-14)21-17(25)12-30-20(27)18-15-9-4-5-10-16(15)19(26)24(3)22-18/h4-11H,12H2,1-3H3,(H,21,25). The fraction of sp³-hybridized carbons (Fsp3) is 0.200. The molecule has 0 saturated heterocycles. The van der Waals surface area contributed by atoms with Gasteiger partial charge in [-0.05, 0) is 24.3 Å². The van der Waals surface area contributed by atoms with Gasteiger partial charge in [0.2, 0.25) is 10.0 Å². The fourth-order valence-corrected chi connectivity index (χ4v) is 3.74. The Morgan fingerprint density at radius 2 is 1.77 bits per heavy atom. The lowest BCUT2D eigenvalue weighted by Crippen LogP contribution is -2.26. The van der Waals surface area contributed by atoms with Gasteiger partial charge in [0, 0.05) is 32.2 Å². The molecule has 10 nitrogen and oxygen atoms in total. The molecule has 2 aromatic carbocycles. The van der Waals surface area contributed by atoms with E-state index in [1.807, 2.05) is 0 Å². The SMILES string of the molecule is CN(C)S(=O)(=O)c1cccc(NC(=O)COC(=O)c2nn(C)c(=O)c3ccccc23)c1. The van der Waals surface area contributed by atoms with Crippen molar-refractivity contribution in [3.63, 3.8) is 0 Å². The number of nitrogens with one attached hydrogen (secondary N) is 1. The Morgan fingerprint density at radius 3 is 2.45 bits per heavy atom. The van der Waals surface area contributed by atoms with Crippen molar-refractivity contribution in [2.45, 2.75) is 4.90 Å². The largest absolute Gasteiger partial charge is 0.451 e. The molecule has 0 fully saturated rings. The average molecular weight is 444 g/mol. The van der Waals surface area contributed by atoms with Gasteiger partial charge in [0.15, 0.2) is 12.3 Å². The van der Waals surface area contributed by atoms with Crippen molar-refractivity contribution in [3.8, 4) is 0 Å². The Labute approximate surface area is 178 Å². The lowest BCUT2D eigenvalue weighted by Gasteiger charge is -2.13. The second-order valence-corrected chi connectivity index (χ2v) is 8.91. The van der Waals surface area contributed by atoms with E-state index in [1.165, 1.54) is 45.4 Å². The van der Waals surface area contributed by atoms with Crippen LogP contribution in [-0.2, 0) is 26.6 Å². The molecule has 0 spiro atoms. The van der Waals surface area contributed by atoms with Gasteiger partial charge in [-0.25, -0.2) is 22.2 Å². The van der Waals surface area contributed by atoms with E-state index in [0.717, 1.165) is 8.99 Å². The van der Waals surface area contributed by atoms with Crippen molar-refractivity contribution in [1.29, 1.82) is 0 Å². The first-order chi connectivity index (χ1) is 14.6. The predicted molar refractivity (Wildman–Crippen MR) is 113 cm³/mol. The lowest BCUT2D eigenvalue weighted by atomic mass is 10.1. The third-order valence-electron chi connectivity index (χ3n) is 4.38. The number of rotatable bonds is 6. The number of carbonyl (C=O) groups excluding carboxylic acids is 2. The molecule has 0 unspecified atom stereocenters. The highest BCUT2D eigenvalue weighted by atomic mass is 32.2. The quantitative estimate of drug-likeness (QED) is 0.561. The molecule has 0 aliphatic carbocycles. The third kappa shape index (κ3) is 4.62. The Balaban J connectivity index is 1.73. The molecule has 0 radical (unpaired) electrons. The molecule has 162 valence electrons. The topological polar surface area (TPSA) is 128 Å². The first kappa shape index (κ1) is 22.1. The van der Waals surface area contributed by atoms with Gasteiger partial charge in [-0.3, -0.25) is 9.59 Å². The zero-order chi connectivity index (χ0) is 22.8. The molecule has 0 bridgehead atoms. The van der Waals surface area contributed by atoms with Crippen molar-refractivity contribution >= 4 is 38.4 Å². The van der Waals surface area contributed by atoms with Crippen LogP contribution in [0, 0.1) is 0 Å². The van der Waals surface area contributed by atoms with Crippen LogP contribution in [0.15, 0.2) is 58.2 Å². The summed E-state index contributed by atoms with van der Waals surface area (Å²) >= 11 is 0. The summed E-state index contributed by atoms with van der Waals surface area (Å²) in [7, 11) is 0.545. The molecule has 1 aromatic heterocycles. The van der Waals surface area contributed by atoms with Crippen LogP contribution in [0.3, 0.4) is 0 Å². The van der Waals surface area contributed by atoms with Crippen LogP contribution in [0.25, 0.3) is 10.8 Å². The predicted octanol–water partition coefficient (Wildman–Crippen LogP) is 0.979. The van der Waals surface area contributed by atoms with Crippen LogP contribution in [0.1, 0.15) is 10.5 Å². The van der Waals surface area contributed by atoms with Crippen LogP contribution < -0.4 is 10.9 Å². The van der Waals surface area contributed by atoms with Gasteiger partial charge in [0.1, 0.15) is 0 Å². The molecular formula is C20H20N4O6S. The Morgan fingerprint density at radius 1 is 1.10 bits per heavy atom. The summed E-state index contributed by atoms with van der Waals surface area (Å²) < 4.78 is 31.6. The number of carbonyl (C=O) groups is 2. The van der Waals surface area contributed by atoms with Gasteiger partial charge in [-0.2, -0.15) is 5.10 Å². The molecule has 31 heavy (non-hydrogen) atoms. The van der Waals surface area contributed by atoms with Gasteiger partial charge in [0.05, 0.1) is 10.3 Å². The van der Waals surface area contributed by atoms with E-state index in [1.54, 1.807) is 24.3 Å². The van der Waals surface area contributed by atoms with E-state index in [4.69, 9.17) is 4.74 Å². The first-order valence-corrected chi connectivity index (χ1v) is 10.5. The highest BCUT2D eigenvalue weighted by Crippen LogP contribution is 2.18. The van der Waals surface area contributed by atoms with Gasteiger partial charge in [0.25, 0.3) is 11.5 Å². The molecule has 1 amide bonds. The number of nitrogens with zero attached hydrogens (tertiary/aromatic N) is 3. The maximum Gasteiger partial charge on any atom is 0.359 e. The molecule has 3 aromatic rings. The smallest absolute Gasteiger partial charge is 0.359 e. The number of ether oxygens (including phenoxy) is 1. The number of hydrogen-bond donors (Lipinski definition) is 1. The Bertz CT molecular complexity index is 1330. The first-order valence-electron chi connectivity index (χ1n) is 9.07. The van der Waals surface area contributed by atoms with E-state index in [9.17, 15) is 22.8 Å². The average Bonchev–Trinajstić information content (AvgIpc) is 2.74. The zero-order valence-electron chi connectivity index (χ0n) is 17.0. The highest BCUT2D eigenvalue weighted by Gasteiger charge is 2.19. The Kier molecular flexibility index (Phi) is 6.18. The summed E-state index contributed by atoms with van der Waals surface area (Å²) in [6.07, 6.45) is 0. The van der Waals surface area contributed by atoms with Crippen molar-refractivity contribution in [2.75, 3.05) is 26.0 Å². The summed E-state index contributed by atoms with van der Waals surface area (Å²) in [4.78, 5) is 36.8. The maximum absolute atomic E-state index is 12.5. The van der Waals surface area contributed by atoms with Gasteiger partial charge in [-0.15, -0.1) is 0 Å². The number of aryl methyl sites for hydroxylation is 1. The number of benzene rings is 2. The molecule has 0 aliphatic rings. The zero-order valence-corrected chi connectivity index (χ0v) is 17.8. The van der Waals surface area contributed by atoms with Crippen LogP contribution in [0.4, 0.5) is 5.69 Å². The summed E-state index contributed by atoms with van der Waals surface area (Å²) in [5.74, 6) is -1.53. The third-order valence-corrected chi connectivity index (χ3v) is 6.19. The van der Waals surface area contributed by atoms with Crippen LogP contribution in [-0.4, -0.2) is 55.1 Å².